The second kappa shape index (κ2) is 13.5. The zero-order chi connectivity index (χ0) is 26.6. The molecule has 0 amide bonds. The summed E-state index contributed by atoms with van der Waals surface area (Å²) in [6, 6.07) is 4.27. The van der Waals surface area contributed by atoms with Crippen LogP contribution in [0.2, 0.25) is 0 Å². The van der Waals surface area contributed by atoms with Crippen LogP contribution < -0.4 is 15.2 Å². The molecule has 0 spiro atoms. The standard InChI is InChI=1S/C24H35NO10/c1-7-23(4,5)19(26)33-13-12-24(25,20(27)30-6)15-16-10-11-17(34-21(28)31-8-2)18(14-16)35-22(29)32-9-3/h10-11,14H,7-9,12-13,15,25H2,1-6H3/t24-/m1/s1. The second-order valence-corrected chi connectivity index (χ2v) is 8.30. The maximum Gasteiger partial charge on any atom is 0.513 e. The first-order chi connectivity index (χ1) is 16.4. The Labute approximate surface area is 205 Å². The Balaban J connectivity index is 3.15. The van der Waals surface area contributed by atoms with E-state index < -0.39 is 35.2 Å². The van der Waals surface area contributed by atoms with Gasteiger partial charge in [0, 0.05) is 12.8 Å². The van der Waals surface area contributed by atoms with Crippen molar-refractivity contribution < 1.29 is 47.6 Å². The molecule has 0 aromatic heterocycles. The molecule has 11 nitrogen and oxygen atoms in total. The number of ether oxygens (including phenoxy) is 6. The van der Waals surface area contributed by atoms with Crippen LogP contribution in [0, 0.1) is 5.41 Å². The summed E-state index contributed by atoms with van der Waals surface area (Å²) in [5.41, 5.74) is 4.59. The van der Waals surface area contributed by atoms with Crippen molar-refractivity contribution in [3.05, 3.63) is 23.8 Å². The van der Waals surface area contributed by atoms with Gasteiger partial charge in [-0.2, -0.15) is 0 Å². The highest BCUT2D eigenvalue weighted by molar-refractivity contribution is 5.81. The summed E-state index contributed by atoms with van der Waals surface area (Å²) in [4.78, 5) is 48.4. The summed E-state index contributed by atoms with van der Waals surface area (Å²) >= 11 is 0. The lowest BCUT2D eigenvalue weighted by atomic mass is 9.88. The lowest BCUT2D eigenvalue weighted by molar-refractivity contribution is -0.157. The van der Waals surface area contributed by atoms with E-state index in [4.69, 9.17) is 34.2 Å². The third-order valence-electron chi connectivity index (χ3n) is 5.25. The minimum atomic E-state index is -1.56. The van der Waals surface area contributed by atoms with Gasteiger partial charge in [0.05, 0.1) is 32.3 Å². The van der Waals surface area contributed by atoms with Crippen LogP contribution in [-0.2, 0) is 35.0 Å². The summed E-state index contributed by atoms with van der Waals surface area (Å²) in [5.74, 6) is -1.37. The molecule has 0 aliphatic heterocycles. The molecule has 1 aromatic carbocycles. The van der Waals surface area contributed by atoms with Crippen LogP contribution in [0.3, 0.4) is 0 Å². The fourth-order valence-corrected chi connectivity index (χ4v) is 2.80. The molecule has 1 rings (SSSR count). The molecule has 0 saturated heterocycles. The van der Waals surface area contributed by atoms with Crippen molar-refractivity contribution >= 4 is 24.2 Å². The molecule has 1 aromatic rings. The lowest BCUT2D eigenvalue weighted by Gasteiger charge is -2.28. The second-order valence-electron chi connectivity index (χ2n) is 8.30. The van der Waals surface area contributed by atoms with Crippen LogP contribution in [-0.4, -0.2) is 56.7 Å². The van der Waals surface area contributed by atoms with Crippen molar-refractivity contribution in [3.8, 4) is 11.5 Å². The minimum Gasteiger partial charge on any atom is -0.468 e. The summed E-state index contributed by atoms with van der Waals surface area (Å²) < 4.78 is 30.0. The van der Waals surface area contributed by atoms with E-state index in [1.54, 1.807) is 27.7 Å². The van der Waals surface area contributed by atoms with Crippen molar-refractivity contribution in [3.63, 3.8) is 0 Å². The number of esters is 2. The average molecular weight is 498 g/mol. The lowest BCUT2D eigenvalue weighted by Crippen LogP contribution is -2.51. The van der Waals surface area contributed by atoms with Crippen molar-refractivity contribution in [2.24, 2.45) is 11.1 Å². The molecular weight excluding hydrogens is 462 g/mol. The summed E-state index contributed by atoms with van der Waals surface area (Å²) in [5, 5.41) is 0. The minimum absolute atomic E-state index is 0.0274. The summed E-state index contributed by atoms with van der Waals surface area (Å²) in [6.07, 6.45) is -1.52. The maximum atomic E-state index is 12.5. The highest BCUT2D eigenvalue weighted by Gasteiger charge is 2.37. The van der Waals surface area contributed by atoms with Crippen LogP contribution >= 0.6 is 0 Å². The van der Waals surface area contributed by atoms with E-state index in [0.717, 1.165) is 0 Å². The van der Waals surface area contributed by atoms with Crippen LogP contribution in [0.4, 0.5) is 9.59 Å². The number of benzene rings is 1. The normalized spacial score (nSPS) is 12.7. The molecule has 0 aliphatic carbocycles. The zero-order valence-electron chi connectivity index (χ0n) is 21.1. The topological polar surface area (TPSA) is 150 Å². The number of nitrogens with two attached hydrogens (primary N) is 1. The number of hydrogen-bond donors (Lipinski definition) is 1. The van der Waals surface area contributed by atoms with Crippen LogP contribution in [0.15, 0.2) is 18.2 Å². The van der Waals surface area contributed by atoms with Gasteiger partial charge in [-0.25, -0.2) is 9.59 Å². The van der Waals surface area contributed by atoms with Gasteiger partial charge < -0.3 is 34.2 Å². The monoisotopic (exact) mass is 497 g/mol. The third kappa shape index (κ3) is 9.08. The molecule has 0 heterocycles. The van der Waals surface area contributed by atoms with Crippen LogP contribution in [0.25, 0.3) is 0 Å². The molecule has 196 valence electrons. The first-order valence-electron chi connectivity index (χ1n) is 11.3. The van der Waals surface area contributed by atoms with Crippen LogP contribution in [0.1, 0.15) is 53.0 Å². The smallest absolute Gasteiger partial charge is 0.468 e. The van der Waals surface area contributed by atoms with E-state index >= 15 is 0 Å². The summed E-state index contributed by atoms with van der Waals surface area (Å²) in [7, 11) is 1.20. The number of methoxy groups -OCH3 is 1. The molecule has 0 saturated carbocycles. The molecule has 0 unspecified atom stereocenters. The summed E-state index contributed by atoms with van der Waals surface area (Å²) in [6.45, 7) is 8.63. The molecule has 11 heteroatoms. The van der Waals surface area contributed by atoms with Crippen LogP contribution in [0.5, 0.6) is 11.5 Å². The Bertz CT molecular complexity index is 898. The number of hydrogen-bond acceptors (Lipinski definition) is 11. The number of carbonyl (C=O) groups excluding carboxylic acids is 4. The van der Waals surface area contributed by atoms with E-state index in [1.807, 2.05) is 6.92 Å². The molecule has 0 aliphatic rings. The molecule has 0 bridgehead atoms. The fourth-order valence-electron chi connectivity index (χ4n) is 2.80. The third-order valence-corrected chi connectivity index (χ3v) is 5.25. The number of rotatable bonds is 12. The molecular formula is C24H35NO10. The van der Waals surface area contributed by atoms with Gasteiger partial charge in [0.15, 0.2) is 11.5 Å². The predicted octanol–water partition coefficient (Wildman–Crippen LogP) is 3.54. The van der Waals surface area contributed by atoms with E-state index in [9.17, 15) is 19.2 Å². The Kier molecular flexibility index (Phi) is 11.5. The largest absolute Gasteiger partial charge is 0.513 e. The Morgan fingerprint density at radius 1 is 0.857 bits per heavy atom. The van der Waals surface area contributed by atoms with Gasteiger partial charge >= 0.3 is 24.2 Å². The number of carbonyl (C=O) groups is 4. The Morgan fingerprint density at radius 2 is 1.43 bits per heavy atom. The van der Waals surface area contributed by atoms with Crippen molar-refractivity contribution in [1.29, 1.82) is 0 Å². The van der Waals surface area contributed by atoms with Gasteiger partial charge in [-0.05, 0) is 51.8 Å². The Hall–Kier alpha value is -3.34. The van der Waals surface area contributed by atoms with E-state index in [1.165, 1.54) is 25.3 Å². The molecule has 35 heavy (non-hydrogen) atoms. The molecule has 0 radical (unpaired) electrons. The quantitative estimate of drug-likeness (QED) is 0.256. The predicted molar refractivity (Wildman–Crippen MR) is 124 cm³/mol. The van der Waals surface area contributed by atoms with Gasteiger partial charge in [0.25, 0.3) is 0 Å². The zero-order valence-corrected chi connectivity index (χ0v) is 21.1. The molecule has 1 atom stereocenters. The van der Waals surface area contributed by atoms with Crippen molar-refractivity contribution in [2.75, 3.05) is 26.9 Å². The van der Waals surface area contributed by atoms with Gasteiger partial charge in [-0.15, -0.1) is 0 Å². The van der Waals surface area contributed by atoms with Crippen molar-refractivity contribution in [2.45, 2.75) is 59.4 Å². The van der Waals surface area contributed by atoms with Gasteiger partial charge in [0.1, 0.15) is 5.54 Å². The fraction of sp³-hybridized carbons (Fsp3) is 0.583. The highest BCUT2D eigenvalue weighted by Crippen LogP contribution is 2.31. The Morgan fingerprint density at radius 3 is 1.94 bits per heavy atom. The SMILES string of the molecule is CCOC(=O)Oc1ccc(C[C@](N)(CCOC(=O)C(C)(C)CC)C(=O)OC)cc1OC(=O)OCC. The van der Waals surface area contributed by atoms with Gasteiger partial charge in [0.2, 0.25) is 0 Å². The molecule has 0 fully saturated rings. The van der Waals surface area contributed by atoms with E-state index in [0.29, 0.717) is 12.0 Å². The first-order valence-corrected chi connectivity index (χ1v) is 11.3. The maximum absolute atomic E-state index is 12.5. The van der Waals surface area contributed by atoms with Gasteiger partial charge in [-0.1, -0.05) is 13.0 Å². The molecule has 2 N–H and O–H groups in total. The highest BCUT2D eigenvalue weighted by atomic mass is 16.7. The van der Waals surface area contributed by atoms with E-state index in [-0.39, 0.29) is 44.2 Å². The average Bonchev–Trinajstić information content (AvgIpc) is 2.80. The van der Waals surface area contributed by atoms with E-state index in [2.05, 4.69) is 0 Å². The van der Waals surface area contributed by atoms with Crippen molar-refractivity contribution in [1.82, 2.24) is 0 Å². The van der Waals surface area contributed by atoms with Gasteiger partial charge in [-0.3, -0.25) is 9.59 Å². The first kappa shape index (κ1) is 29.7.